The smallest absolute Gasteiger partial charge is 0.0871 e. The summed E-state index contributed by atoms with van der Waals surface area (Å²) in [5.41, 5.74) is 8.02. The molecule has 1 atom stereocenters. The van der Waals surface area contributed by atoms with Gasteiger partial charge < -0.3 is 10.5 Å². The fraction of sp³-hybridized carbons (Fsp3) is 0.538. The van der Waals surface area contributed by atoms with Crippen molar-refractivity contribution >= 4 is 0 Å². The van der Waals surface area contributed by atoms with E-state index in [0.717, 1.165) is 6.42 Å². The lowest BCUT2D eigenvalue weighted by molar-refractivity contribution is 0.0191. The van der Waals surface area contributed by atoms with Gasteiger partial charge >= 0.3 is 0 Å². The Morgan fingerprint density at radius 3 is 2.60 bits per heavy atom. The van der Waals surface area contributed by atoms with E-state index in [1.54, 1.807) is 7.11 Å². The Morgan fingerprint density at radius 1 is 1.40 bits per heavy atom. The van der Waals surface area contributed by atoms with Crippen molar-refractivity contribution in [3.05, 3.63) is 35.4 Å². The van der Waals surface area contributed by atoms with Crippen molar-refractivity contribution in [1.29, 1.82) is 0 Å². The van der Waals surface area contributed by atoms with Crippen LogP contribution in [0.15, 0.2) is 24.3 Å². The highest BCUT2D eigenvalue weighted by Gasteiger charge is 2.19. The summed E-state index contributed by atoms with van der Waals surface area (Å²) in [6.45, 7) is 6.16. The first-order valence-electron chi connectivity index (χ1n) is 5.36. The van der Waals surface area contributed by atoms with Gasteiger partial charge in [-0.15, -0.1) is 0 Å². The van der Waals surface area contributed by atoms with Crippen molar-refractivity contribution in [3.63, 3.8) is 0 Å². The predicted octanol–water partition coefficient (Wildman–Crippen LogP) is 2.46. The number of hydrogen-bond donors (Lipinski definition) is 1. The van der Waals surface area contributed by atoms with E-state index in [2.05, 4.69) is 38.1 Å². The van der Waals surface area contributed by atoms with E-state index in [1.165, 1.54) is 11.1 Å². The molecule has 0 saturated heterocycles. The molecule has 2 N–H and O–H groups in total. The molecule has 0 heterocycles. The van der Waals surface area contributed by atoms with Crippen molar-refractivity contribution in [2.75, 3.05) is 7.11 Å². The highest BCUT2D eigenvalue weighted by molar-refractivity contribution is 5.28. The van der Waals surface area contributed by atoms with Crippen LogP contribution in [0.5, 0.6) is 0 Å². The first-order valence-corrected chi connectivity index (χ1v) is 5.36. The van der Waals surface area contributed by atoms with Gasteiger partial charge in [0, 0.05) is 13.2 Å². The average molecular weight is 207 g/mol. The van der Waals surface area contributed by atoms with Crippen LogP contribution in [-0.4, -0.2) is 13.2 Å². The second-order valence-corrected chi connectivity index (χ2v) is 4.60. The zero-order valence-corrected chi connectivity index (χ0v) is 10.1. The summed E-state index contributed by atoms with van der Waals surface area (Å²) >= 11 is 0. The molecule has 1 aromatic carbocycles. The van der Waals surface area contributed by atoms with Gasteiger partial charge in [0.05, 0.1) is 5.60 Å². The van der Waals surface area contributed by atoms with E-state index in [0.29, 0.717) is 0 Å². The molecule has 15 heavy (non-hydrogen) atoms. The summed E-state index contributed by atoms with van der Waals surface area (Å²) in [5.74, 6) is 0. The number of nitrogens with two attached hydrogens (primary N) is 1. The van der Waals surface area contributed by atoms with Gasteiger partial charge in [0.15, 0.2) is 0 Å². The van der Waals surface area contributed by atoms with Crippen molar-refractivity contribution in [2.24, 2.45) is 5.73 Å². The molecule has 2 heteroatoms. The first-order chi connectivity index (χ1) is 6.95. The van der Waals surface area contributed by atoms with Gasteiger partial charge in [0.2, 0.25) is 0 Å². The number of methoxy groups -OCH3 is 1. The van der Waals surface area contributed by atoms with Gasteiger partial charge in [0.25, 0.3) is 0 Å². The maximum Gasteiger partial charge on any atom is 0.0871 e. The first kappa shape index (κ1) is 12.2. The maximum atomic E-state index is 5.78. The average Bonchev–Trinajstić information content (AvgIpc) is 2.17. The van der Waals surface area contributed by atoms with Gasteiger partial charge in [-0.05, 0) is 38.3 Å². The zero-order valence-electron chi connectivity index (χ0n) is 10.1. The van der Waals surface area contributed by atoms with Crippen LogP contribution in [0, 0.1) is 0 Å². The molecular weight excluding hydrogens is 186 g/mol. The van der Waals surface area contributed by atoms with Crippen LogP contribution in [0.1, 0.15) is 31.9 Å². The minimum atomic E-state index is -0.228. The van der Waals surface area contributed by atoms with Crippen LogP contribution in [0.2, 0.25) is 0 Å². The lowest BCUT2D eigenvalue weighted by atomic mass is 9.94. The highest BCUT2D eigenvalue weighted by Crippen LogP contribution is 2.24. The number of hydrogen-bond acceptors (Lipinski definition) is 2. The summed E-state index contributed by atoms with van der Waals surface area (Å²) in [6.07, 6.45) is 0.910. The third-order valence-corrected chi connectivity index (χ3v) is 2.69. The van der Waals surface area contributed by atoms with E-state index in [-0.39, 0.29) is 11.6 Å². The molecule has 1 unspecified atom stereocenters. The van der Waals surface area contributed by atoms with Crippen molar-refractivity contribution in [1.82, 2.24) is 0 Å². The van der Waals surface area contributed by atoms with E-state index in [1.807, 2.05) is 6.92 Å². The lowest BCUT2D eigenvalue weighted by Gasteiger charge is -2.24. The van der Waals surface area contributed by atoms with Crippen LogP contribution < -0.4 is 5.73 Å². The molecule has 0 spiro atoms. The van der Waals surface area contributed by atoms with Crippen LogP contribution in [-0.2, 0) is 16.8 Å². The normalized spacial score (nSPS) is 13.9. The Kier molecular flexibility index (Phi) is 3.89. The van der Waals surface area contributed by atoms with Crippen LogP contribution in [0.25, 0.3) is 0 Å². The largest absolute Gasteiger partial charge is 0.374 e. The fourth-order valence-electron chi connectivity index (χ4n) is 1.56. The standard InChI is InChI=1S/C13H21NO/c1-10(14)8-11-6-5-7-12(9-11)13(2,3)15-4/h5-7,9-10H,8,14H2,1-4H3. The lowest BCUT2D eigenvalue weighted by Crippen LogP contribution is -2.21. The van der Waals surface area contributed by atoms with Gasteiger partial charge in [0.1, 0.15) is 0 Å². The minimum Gasteiger partial charge on any atom is -0.374 e. The van der Waals surface area contributed by atoms with Gasteiger partial charge in [-0.3, -0.25) is 0 Å². The summed E-state index contributed by atoms with van der Waals surface area (Å²) in [4.78, 5) is 0. The minimum absolute atomic E-state index is 0.200. The predicted molar refractivity (Wildman–Crippen MR) is 63.8 cm³/mol. The zero-order chi connectivity index (χ0) is 11.5. The molecule has 1 aromatic rings. The monoisotopic (exact) mass is 207 g/mol. The third-order valence-electron chi connectivity index (χ3n) is 2.69. The molecule has 0 amide bonds. The SMILES string of the molecule is COC(C)(C)c1cccc(CC(C)N)c1. The quantitative estimate of drug-likeness (QED) is 0.823. The molecule has 0 radical (unpaired) electrons. The summed E-state index contributed by atoms with van der Waals surface area (Å²) in [6, 6.07) is 8.64. The maximum absolute atomic E-state index is 5.78. The Balaban J connectivity index is 2.92. The van der Waals surface area contributed by atoms with E-state index >= 15 is 0 Å². The molecule has 0 saturated carbocycles. The van der Waals surface area contributed by atoms with Crippen LogP contribution in [0.3, 0.4) is 0 Å². The third kappa shape index (κ3) is 3.33. The Labute approximate surface area is 92.4 Å². The summed E-state index contributed by atoms with van der Waals surface area (Å²) < 4.78 is 5.45. The van der Waals surface area contributed by atoms with Crippen molar-refractivity contribution in [2.45, 2.75) is 38.8 Å². The molecule has 0 aliphatic rings. The Hall–Kier alpha value is -0.860. The van der Waals surface area contributed by atoms with E-state index in [9.17, 15) is 0 Å². The fourth-order valence-corrected chi connectivity index (χ4v) is 1.56. The molecule has 0 aromatic heterocycles. The Bertz CT molecular complexity index is 318. The van der Waals surface area contributed by atoms with Crippen LogP contribution >= 0.6 is 0 Å². The molecule has 0 aliphatic carbocycles. The number of benzene rings is 1. The second-order valence-electron chi connectivity index (χ2n) is 4.60. The van der Waals surface area contributed by atoms with Crippen molar-refractivity contribution < 1.29 is 4.74 Å². The molecular formula is C13H21NO. The Morgan fingerprint density at radius 2 is 2.07 bits per heavy atom. The van der Waals surface area contributed by atoms with E-state index < -0.39 is 0 Å². The molecule has 0 fully saturated rings. The summed E-state index contributed by atoms with van der Waals surface area (Å²) in [7, 11) is 1.73. The molecule has 0 bridgehead atoms. The van der Waals surface area contributed by atoms with E-state index in [4.69, 9.17) is 10.5 Å². The highest BCUT2D eigenvalue weighted by atomic mass is 16.5. The van der Waals surface area contributed by atoms with Crippen LogP contribution in [0.4, 0.5) is 0 Å². The number of ether oxygens (including phenoxy) is 1. The van der Waals surface area contributed by atoms with Gasteiger partial charge in [-0.1, -0.05) is 24.3 Å². The molecule has 84 valence electrons. The van der Waals surface area contributed by atoms with Crippen molar-refractivity contribution in [3.8, 4) is 0 Å². The van der Waals surface area contributed by atoms with Gasteiger partial charge in [-0.25, -0.2) is 0 Å². The molecule has 0 aliphatic heterocycles. The molecule has 1 rings (SSSR count). The summed E-state index contributed by atoms with van der Waals surface area (Å²) in [5, 5.41) is 0. The second kappa shape index (κ2) is 4.77. The molecule has 2 nitrogen and oxygen atoms in total. The number of rotatable bonds is 4. The van der Waals surface area contributed by atoms with Gasteiger partial charge in [-0.2, -0.15) is 0 Å². The topological polar surface area (TPSA) is 35.2 Å².